The predicted molar refractivity (Wildman–Crippen MR) is 79.5 cm³/mol. The first-order valence-electron chi connectivity index (χ1n) is 7.52. The van der Waals surface area contributed by atoms with E-state index in [4.69, 9.17) is 24.7 Å². The number of carbonyl (C=O) groups excluding carboxylic acids is 3. The van der Waals surface area contributed by atoms with E-state index in [1.165, 1.54) is 6.92 Å². The van der Waals surface area contributed by atoms with Crippen LogP contribution in [0.4, 0.5) is 0 Å². The van der Waals surface area contributed by atoms with Crippen molar-refractivity contribution in [3.63, 3.8) is 0 Å². The standard InChI is InChI=1S/C14H24N2O8/c1-7(17)21-11-10(6-16-5-4-15)24-14(20)13(23-9(3)19)12(11)22-8(2)18/h10-14,16,20H,4-6,15H2,1-3H3/t10?,11-,12?,13?,14-/m1/s1. The molecule has 0 aromatic heterocycles. The lowest BCUT2D eigenvalue weighted by Crippen LogP contribution is -2.63. The third-order valence-corrected chi connectivity index (χ3v) is 3.18. The van der Waals surface area contributed by atoms with E-state index < -0.39 is 48.6 Å². The smallest absolute Gasteiger partial charge is 0.303 e. The second-order valence-corrected chi connectivity index (χ2v) is 5.28. The van der Waals surface area contributed by atoms with Gasteiger partial charge in [-0.3, -0.25) is 14.4 Å². The molecule has 0 radical (unpaired) electrons. The Kier molecular flexibility index (Phi) is 8.05. The van der Waals surface area contributed by atoms with Gasteiger partial charge in [0.1, 0.15) is 6.10 Å². The maximum Gasteiger partial charge on any atom is 0.303 e. The molecule has 0 aromatic rings. The van der Waals surface area contributed by atoms with Crippen LogP contribution in [0.3, 0.4) is 0 Å². The zero-order valence-corrected chi connectivity index (χ0v) is 13.9. The summed E-state index contributed by atoms with van der Waals surface area (Å²) in [7, 11) is 0. The highest BCUT2D eigenvalue weighted by molar-refractivity contribution is 5.68. The summed E-state index contributed by atoms with van der Waals surface area (Å²) in [5.74, 6) is -2.03. The lowest BCUT2D eigenvalue weighted by molar-refractivity contribution is -0.290. The second-order valence-electron chi connectivity index (χ2n) is 5.28. The van der Waals surface area contributed by atoms with Gasteiger partial charge >= 0.3 is 17.9 Å². The van der Waals surface area contributed by atoms with Crippen LogP contribution in [0.2, 0.25) is 0 Å². The third kappa shape index (κ3) is 6.04. The maximum atomic E-state index is 11.4. The van der Waals surface area contributed by atoms with E-state index in [1.807, 2.05) is 0 Å². The molecule has 0 saturated carbocycles. The number of hydrogen-bond acceptors (Lipinski definition) is 10. The molecule has 1 saturated heterocycles. The normalized spacial score (nSPS) is 29.6. The van der Waals surface area contributed by atoms with Gasteiger partial charge in [-0.25, -0.2) is 0 Å². The molecule has 3 unspecified atom stereocenters. The second kappa shape index (κ2) is 9.52. The minimum atomic E-state index is -1.55. The van der Waals surface area contributed by atoms with Crippen molar-refractivity contribution in [2.45, 2.75) is 51.5 Å². The van der Waals surface area contributed by atoms with E-state index in [-0.39, 0.29) is 6.54 Å². The van der Waals surface area contributed by atoms with Gasteiger partial charge in [-0.15, -0.1) is 0 Å². The molecular formula is C14H24N2O8. The van der Waals surface area contributed by atoms with Gasteiger partial charge in [0.25, 0.3) is 0 Å². The molecule has 0 aliphatic carbocycles. The molecule has 4 N–H and O–H groups in total. The summed E-state index contributed by atoms with van der Waals surface area (Å²) in [6.45, 7) is 4.48. The van der Waals surface area contributed by atoms with Crippen LogP contribution in [0.25, 0.3) is 0 Å². The Morgan fingerprint density at radius 3 is 2.00 bits per heavy atom. The monoisotopic (exact) mass is 348 g/mol. The minimum absolute atomic E-state index is 0.177. The molecule has 1 heterocycles. The van der Waals surface area contributed by atoms with Crippen LogP contribution in [0.1, 0.15) is 20.8 Å². The Hall–Kier alpha value is -1.75. The molecule has 0 spiro atoms. The van der Waals surface area contributed by atoms with Crippen LogP contribution >= 0.6 is 0 Å². The van der Waals surface area contributed by atoms with Crippen LogP contribution in [0.5, 0.6) is 0 Å². The van der Waals surface area contributed by atoms with Crippen molar-refractivity contribution in [1.29, 1.82) is 0 Å². The largest absolute Gasteiger partial charge is 0.456 e. The van der Waals surface area contributed by atoms with E-state index in [9.17, 15) is 19.5 Å². The predicted octanol–water partition coefficient (Wildman–Crippen LogP) is -1.95. The molecule has 1 fully saturated rings. The molecule has 0 aromatic carbocycles. The van der Waals surface area contributed by atoms with Crippen LogP contribution < -0.4 is 11.1 Å². The molecule has 1 rings (SSSR count). The summed E-state index contributed by atoms with van der Waals surface area (Å²) < 4.78 is 20.7. The Balaban J connectivity index is 3.04. The zero-order chi connectivity index (χ0) is 18.3. The molecule has 0 bridgehead atoms. The van der Waals surface area contributed by atoms with Crippen molar-refractivity contribution in [3.05, 3.63) is 0 Å². The molecule has 1 aliphatic heterocycles. The Bertz CT molecular complexity index is 458. The SMILES string of the molecule is CC(=O)OC1C(OC(C)=O)[C@H](O)OC(CNCCN)[C@H]1OC(C)=O. The van der Waals surface area contributed by atoms with E-state index >= 15 is 0 Å². The van der Waals surface area contributed by atoms with E-state index in [2.05, 4.69) is 5.32 Å². The fourth-order valence-corrected chi connectivity index (χ4v) is 2.38. The van der Waals surface area contributed by atoms with Gasteiger partial charge in [-0.2, -0.15) is 0 Å². The van der Waals surface area contributed by atoms with Gasteiger partial charge in [0.2, 0.25) is 0 Å². The minimum Gasteiger partial charge on any atom is -0.456 e. The molecule has 1 aliphatic rings. The molecule has 10 nitrogen and oxygen atoms in total. The summed E-state index contributed by atoms with van der Waals surface area (Å²) in [4.78, 5) is 34.0. The van der Waals surface area contributed by atoms with Crippen LogP contribution in [-0.2, 0) is 33.3 Å². The summed E-state index contributed by atoms with van der Waals surface area (Å²) in [5, 5.41) is 13.1. The average molecular weight is 348 g/mol. The number of nitrogens with one attached hydrogen (secondary N) is 1. The third-order valence-electron chi connectivity index (χ3n) is 3.18. The van der Waals surface area contributed by atoms with Gasteiger partial charge in [0.15, 0.2) is 24.6 Å². The molecule has 24 heavy (non-hydrogen) atoms. The lowest BCUT2D eigenvalue weighted by atomic mass is 9.97. The first kappa shape index (κ1) is 20.3. The van der Waals surface area contributed by atoms with Crippen molar-refractivity contribution >= 4 is 17.9 Å². The first-order valence-corrected chi connectivity index (χ1v) is 7.52. The highest BCUT2D eigenvalue weighted by Crippen LogP contribution is 2.27. The fraction of sp³-hybridized carbons (Fsp3) is 0.786. The van der Waals surface area contributed by atoms with E-state index in [1.54, 1.807) is 0 Å². The van der Waals surface area contributed by atoms with Crippen molar-refractivity contribution in [1.82, 2.24) is 5.32 Å². The number of carbonyl (C=O) groups is 3. The Morgan fingerprint density at radius 2 is 1.50 bits per heavy atom. The van der Waals surface area contributed by atoms with Crippen LogP contribution in [-0.4, -0.2) is 73.4 Å². The van der Waals surface area contributed by atoms with Crippen molar-refractivity contribution < 1.29 is 38.4 Å². The number of aliphatic hydroxyl groups is 1. The van der Waals surface area contributed by atoms with E-state index in [0.717, 1.165) is 13.8 Å². The first-order chi connectivity index (χ1) is 11.3. The number of aliphatic hydroxyl groups excluding tert-OH is 1. The Morgan fingerprint density at radius 1 is 1.00 bits per heavy atom. The van der Waals surface area contributed by atoms with Crippen LogP contribution in [0.15, 0.2) is 0 Å². The van der Waals surface area contributed by atoms with Gasteiger partial charge < -0.3 is 35.1 Å². The number of hydrogen-bond donors (Lipinski definition) is 3. The van der Waals surface area contributed by atoms with E-state index in [0.29, 0.717) is 13.1 Å². The summed E-state index contributed by atoms with van der Waals surface area (Å²) >= 11 is 0. The molecule has 138 valence electrons. The highest BCUT2D eigenvalue weighted by atomic mass is 16.7. The fourth-order valence-electron chi connectivity index (χ4n) is 2.38. The Labute approximate surface area is 139 Å². The topological polar surface area (TPSA) is 146 Å². The summed E-state index contributed by atoms with van der Waals surface area (Å²) in [6.07, 6.45) is -5.96. The quantitative estimate of drug-likeness (QED) is 0.269. The van der Waals surface area contributed by atoms with Gasteiger partial charge in [0, 0.05) is 40.4 Å². The number of nitrogens with two attached hydrogens (primary N) is 1. The number of esters is 3. The van der Waals surface area contributed by atoms with Crippen LogP contribution in [0, 0.1) is 0 Å². The van der Waals surface area contributed by atoms with Crippen molar-refractivity contribution in [2.24, 2.45) is 5.73 Å². The van der Waals surface area contributed by atoms with Crippen molar-refractivity contribution in [3.8, 4) is 0 Å². The maximum absolute atomic E-state index is 11.4. The lowest BCUT2D eigenvalue weighted by Gasteiger charge is -2.42. The van der Waals surface area contributed by atoms with Gasteiger partial charge in [0.05, 0.1) is 0 Å². The average Bonchev–Trinajstić information content (AvgIpc) is 2.45. The number of rotatable bonds is 7. The van der Waals surface area contributed by atoms with Gasteiger partial charge in [-0.05, 0) is 0 Å². The summed E-state index contributed by atoms with van der Waals surface area (Å²) in [6, 6.07) is 0. The molecule has 5 atom stereocenters. The molecule has 10 heteroatoms. The molecule has 0 amide bonds. The zero-order valence-electron chi connectivity index (χ0n) is 13.9. The highest BCUT2D eigenvalue weighted by Gasteiger charge is 2.51. The van der Waals surface area contributed by atoms with Crippen molar-refractivity contribution in [2.75, 3.05) is 19.6 Å². The van der Waals surface area contributed by atoms with Gasteiger partial charge in [-0.1, -0.05) is 0 Å². The summed E-state index contributed by atoms with van der Waals surface area (Å²) in [5.41, 5.74) is 5.39. The molecular weight excluding hydrogens is 324 g/mol. The number of ether oxygens (including phenoxy) is 4.